The van der Waals surface area contributed by atoms with Crippen LogP contribution in [0.2, 0.25) is 0 Å². The molecule has 28 heavy (non-hydrogen) atoms. The van der Waals surface area contributed by atoms with Crippen molar-refractivity contribution in [3.63, 3.8) is 0 Å². The number of pyridine rings is 1. The molecular formula is C18H15BrN6O3. The maximum atomic E-state index is 12.4. The number of carbonyl (C=O) groups excluding carboxylic acids is 1. The number of fused-ring (bicyclic) bond motifs is 2. The van der Waals surface area contributed by atoms with Gasteiger partial charge >= 0.3 is 5.97 Å². The predicted molar refractivity (Wildman–Crippen MR) is 105 cm³/mol. The highest BCUT2D eigenvalue weighted by atomic mass is 79.9. The summed E-state index contributed by atoms with van der Waals surface area (Å²) >= 11 is 3.35. The van der Waals surface area contributed by atoms with Gasteiger partial charge in [0.2, 0.25) is 0 Å². The molecule has 0 aliphatic heterocycles. The molecule has 10 heteroatoms. The van der Waals surface area contributed by atoms with Crippen molar-refractivity contribution in [2.45, 2.75) is 26.0 Å². The van der Waals surface area contributed by atoms with Gasteiger partial charge in [0.1, 0.15) is 11.3 Å². The van der Waals surface area contributed by atoms with Gasteiger partial charge in [0.15, 0.2) is 11.8 Å². The van der Waals surface area contributed by atoms with E-state index >= 15 is 0 Å². The van der Waals surface area contributed by atoms with Crippen LogP contribution in [0.5, 0.6) is 0 Å². The number of ether oxygens (including phenoxy) is 1. The summed E-state index contributed by atoms with van der Waals surface area (Å²) in [5.41, 5.74) is 1.51. The van der Waals surface area contributed by atoms with Gasteiger partial charge < -0.3 is 9.72 Å². The van der Waals surface area contributed by atoms with Crippen LogP contribution in [0.1, 0.15) is 25.3 Å². The molecule has 4 rings (SSSR count). The van der Waals surface area contributed by atoms with Crippen LogP contribution in [0.25, 0.3) is 22.1 Å². The Morgan fingerprint density at radius 3 is 3.04 bits per heavy atom. The van der Waals surface area contributed by atoms with Crippen LogP contribution in [0.4, 0.5) is 0 Å². The van der Waals surface area contributed by atoms with Gasteiger partial charge in [-0.25, -0.2) is 14.6 Å². The zero-order valence-electron chi connectivity index (χ0n) is 14.8. The van der Waals surface area contributed by atoms with Crippen LogP contribution in [-0.4, -0.2) is 35.9 Å². The van der Waals surface area contributed by atoms with Gasteiger partial charge in [0.25, 0.3) is 5.56 Å². The minimum atomic E-state index is -0.583. The Morgan fingerprint density at radius 2 is 2.18 bits per heavy atom. The molecule has 0 bridgehead atoms. The van der Waals surface area contributed by atoms with Crippen molar-refractivity contribution in [2.75, 3.05) is 0 Å². The molecular weight excluding hydrogens is 428 g/mol. The first kappa shape index (κ1) is 18.2. The average Bonchev–Trinajstić information content (AvgIpc) is 3.11. The number of hydrogen-bond acceptors (Lipinski definition) is 7. The summed E-state index contributed by atoms with van der Waals surface area (Å²) in [6, 6.07) is 8.78. The van der Waals surface area contributed by atoms with E-state index in [1.165, 1.54) is 0 Å². The second-order valence-corrected chi connectivity index (χ2v) is 7.08. The number of aromatic nitrogens is 6. The number of carbonyl (C=O) groups is 1. The second kappa shape index (κ2) is 7.47. The molecule has 0 aliphatic rings. The molecule has 0 amide bonds. The third-order valence-corrected chi connectivity index (χ3v) is 4.61. The van der Waals surface area contributed by atoms with Crippen LogP contribution in [0, 0.1) is 0 Å². The zero-order valence-corrected chi connectivity index (χ0v) is 16.4. The third-order valence-electron chi connectivity index (χ3n) is 4.17. The van der Waals surface area contributed by atoms with Gasteiger partial charge in [-0.1, -0.05) is 17.3 Å². The summed E-state index contributed by atoms with van der Waals surface area (Å²) in [7, 11) is 0. The van der Waals surface area contributed by atoms with Gasteiger partial charge in [-0.2, -0.15) is 0 Å². The van der Waals surface area contributed by atoms with Crippen molar-refractivity contribution in [2.24, 2.45) is 0 Å². The van der Waals surface area contributed by atoms with Crippen molar-refractivity contribution in [1.82, 2.24) is 29.9 Å². The number of hydrogen-bond donors (Lipinski definition) is 1. The lowest BCUT2D eigenvalue weighted by Crippen LogP contribution is -2.26. The minimum Gasteiger partial charge on any atom is -0.454 e. The van der Waals surface area contributed by atoms with Crippen molar-refractivity contribution in [1.29, 1.82) is 0 Å². The second-order valence-electron chi connectivity index (χ2n) is 6.16. The lowest BCUT2D eigenvalue weighted by Gasteiger charge is -2.11. The average molecular weight is 443 g/mol. The predicted octanol–water partition coefficient (Wildman–Crippen LogP) is 2.52. The van der Waals surface area contributed by atoms with E-state index in [9.17, 15) is 9.59 Å². The quantitative estimate of drug-likeness (QED) is 0.472. The molecule has 142 valence electrons. The van der Waals surface area contributed by atoms with E-state index in [-0.39, 0.29) is 18.5 Å². The highest BCUT2D eigenvalue weighted by Crippen LogP contribution is 2.20. The lowest BCUT2D eigenvalue weighted by molar-refractivity contribution is -0.149. The molecule has 0 fully saturated rings. The number of imidazole rings is 1. The van der Waals surface area contributed by atoms with Crippen LogP contribution < -0.4 is 5.56 Å². The number of benzene rings is 1. The maximum Gasteiger partial charge on any atom is 0.308 e. The molecule has 0 spiro atoms. The van der Waals surface area contributed by atoms with Gasteiger partial charge in [-0.3, -0.25) is 9.59 Å². The SMILES string of the molecule is CC(OC(=O)CCn1nnc2ccccc2c1=O)c1nc2ncc(Br)cc2[nH]1. The number of nitrogens with zero attached hydrogens (tertiary/aromatic N) is 5. The topological polar surface area (TPSA) is 116 Å². The van der Waals surface area contributed by atoms with E-state index in [1.807, 2.05) is 6.07 Å². The number of esters is 1. The van der Waals surface area contributed by atoms with Crippen molar-refractivity contribution in [3.05, 3.63) is 57.2 Å². The van der Waals surface area contributed by atoms with E-state index in [2.05, 4.69) is 41.2 Å². The first-order chi connectivity index (χ1) is 13.5. The highest BCUT2D eigenvalue weighted by Gasteiger charge is 2.17. The lowest BCUT2D eigenvalue weighted by atomic mass is 10.2. The molecule has 1 unspecified atom stereocenters. The van der Waals surface area contributed by atoms with E-state index in [4.69, 9.17) is 4.74 Å². The summed E-state index contributed by atoms with van der Waals surface area (Å²) in [5, 5.41) is 8.32. The van der Waals surface area contributed by atoms with Crippen molar-refractivity contribution in [3.8, 4) is 0 Å². The Labute approximate surface area is 166 Å². The van der Waals surface area contributed by atoms with Crippen LogP contribution >= 0.6 is 15.9 Å². The number of nitrogens with one attached hydrogen (secondary N) is 1. The normalized spacial score (nSPS) is 12.4. The Hall–Kier alpha value is -3.14. The number of aryl methyl sites for hydroxylation is 1. The molecule has 0 aliphatic carbocycles. The first-order valence-corrected chi connectivity index (χ1v) is 9.34. The van der Waals surface area contributed by atoms with E-state index < -0.39 is 12.1 Å². The molecule has 3 aromatic heterocycles. The summed E-state index contributed by atoms with van der Waals surface area (Å²) in [5.74, 6) is 0.0283. The Bertz CT molecular complexity index is 1230. The number of halogens is 1. The van der Waals surface area contributed by atoms with Gasteiger partial charge in [0.05, 0.1) is 23.9 Å². The number of H-pyrrole nitrogens is 1. The monoisotopic (exact) mass is 442 g/mol. The smallest absolute Gasteiger partial charge is 0.308 e. The molecule has 1 atom stereocenters. The molecule has 9 nitrogen and oxygen atoms in total. The fourth-order valence-corrected chi connectivity index (χ4v) is 3.10. The standard InChI is InChI=1S/C18H15BrN6O3/c1-10(16-21-14-8-11(19)9-20-17(14)22-16)28-15(26)6-7-25-18(27)12-4-2-3-5-13(12)23-24-25/h2-5,8-10H,6-7H2,1H3,(H,20,21,22). The van der Waals surface area contributed by atoms with Gasteiger partial charge in [-0.15, -0.1) is 5.10 Å². The van der Waals surface area contributed by atoms with E-state index in [0.717, 1.165) is 14.7 Å². The molecule has 3 heterocycles. The molecule has 1 aromatic carbocycles. The summed E-state index contributed by atoms with van der Waals surface area (Å²) in [6.07, 6.45) is 1.05. The summed E-state index contributed by atoms with van der Waals surface area (Å²) in [4.78, 5) is 36.2. The summed E-state index contributed by atoms with van der Waals surface area (Å²) in [6.45, 7) is 1.80. The van der Waals surface area contributed by atoms with E-state index in [0.29, 0.717) is 22.4 Å². The first-order valence-electron chi connectivity index (χ1n) is 8.54. The zero-order chi connectivity index (χ0) is 19.7. The largest absolute Gasteiger partial charge is 0.454 e. The Kier molecular flexibility index (Phi) is 4.86. The van der Waals surface area contributed by atoms with Gasteiger partial charge in [-0.05, 0) is 41.1 Å². The molecule has 0 saturated heterocycles. The van der Waals surface area contributed by atoms with Crippen LogP contribution in [0.15, 0.2) is 45.8 Å². The molecule has 1 N–H and O–H groups in total. The fraction of sp³-hybridized carbons (Fsp3) is 0.222. The fourth-order valence-electron chi connectivity index (χ4n) is 2.76. The number of aromatic amines is 1. The van der Waals surface area contributed by atoms with E-state index in [1.54, 1.807) is 37.4 Å². The van der Waals surface area contributed by atoms with Crippen molar-refractivity contribution >= 4 is 44.0 Å². The van der Waals surface area contributed by atoms with Gasteiger partial charge in [0, 0.05) is 10.7 Å². The minimum absolute atomic E-state index is 0.0126. The Balaban J connectivity index is 1.42. The maximum absolute atomic E-state index is 12.4. The third kappa shape index (κ3) is 3.63. The van der Waals surface area contributed by atoms with Crippen LogP contribution in [0.3, 0.4) is 0 Å². The van der Waals surface area contributed by atoms with Crippen molar-refractivity contribution < 1.29 is 9.53 Å². The molecule has 4 aromatic rings. The Morgan fingerprint density at radius 1 is 1.36 bits per heavy atom. The highest BCUT2D eigenvalue weighted by molar-refractivity contribution is 9.10. The number of rotatable bonds is 5. The van der Waals surface area contributed by atoms with Crippen LogP contribution in [-0.2, 0) is 16.1 Å². The molecule has 0 radical (unpaired) electrons. The summed E-state index contributed by atoms with van der Waals surface area (Å²) < 4.78 is 7.39. The molecule has 0 saturated carbocycles.